The Balaban J connectivity index is 2.72. The van der Waals surface area contributed by atoms with Crippen LogP contribution < -0.4 is 11.1 Å². The molecule has 1 rings (SSSR count). The highest BCUT2D eigenvalue weighted by atomic mass is 16.5. The Labute approximate surface area is 109 Å². The fourth-order valence-electron chi connectivity index (χ4n) is 1.35. The first-order valence-corrected chi connectivity index (χ1v) is 5.43. The largest absolute Gasteiger partial charge is 0.481 e. The molecule has 0 atom stereocenters. The molecule has 0 unspecified atom stereocenters. The lowest BCUT2D eigenvalue weighted by atomic mass is 10.1. The molecule has 0 aliphatic carbocycles. The van der Waals surface area contributed by atoms with E-state index in [1.165, 1.54) is 25.3 Å². The van der Waals surface area contributed by atoms with Crippen LogP contribution in [0.2, 0.25) is 0 Å². The summed E-state index contributed by atoms with van der Waals surface area (Å²) in [7, 11) is 1.25. The van der Waals surface area contributed by atoms with Crippen molar-refractivity contribution >= 4 is 29.2 Å². The van der Waals surface area contributed by atoms with Crippen LogP contribution >= 0.6 is 0 Å². The predicted octanol–water partition coefficient (Wildman–Crippen LogP) is 0.859. The molecule has 0 saturated heterocycles. The van der Waals surface area contributed by atoms with Crippen LogP contribution in [0.1, 0.15) is 23.2 Å². The van der Waals surface area contributed by atoms with E-state index in [2.05, 4.69) is 10.1 Å². The second kappa shape index (κ2) is 6.39. The third-order valence-corrected chi connectivity index (χ3v) is 2.31. The van der Waals surface area contributed by atoms with Gasteiger partial charge in [-0.3, -0.25) is 9.59 Å². The zero-order valence-electron chi connectivity index (χ0n) is 10.3. The number of esters is 1. The topological polar surface area (TPSA) is 119 Å². The van der Waals surface area contributed by atoms with Gasteiger partial charge in [-0.15, -0.1) is 0 Å². The molecule has 1 aromatic rings. The summed E-state index contributed by atoms with van der Waals surface area (Å²) in [5, 5.41) is 10.9. The number of nitrogen functional groups attached to an aromatic ring is 1. The first-order chi connectivity index (χ1) is 8.93. The molecule has 0 aliphatic heterocycles. The lowest BCUT2D eigenvalue weighted by molar-refractivity contribution is -0.138. The molecule has 0 heterocycles. The predicted molar refractivity (Wildman–Crippen MR) is 67.7 cm³/mol. The molecule has 102 valence electrons. The first kappa shape index (κ1) is 14.5. The zero-order chi connectivity index (χ0) is 14.4. The van der Waals surface area contributed by atoms with E-state index < -0.39 is 17.8 Å². The summed E-state index contributed by atoms with van der Waals surface area (Å²) in [5.41, 5.74) is 6.47. The van der Waals surface area contributed by atoms with Gasteiger partial charge in [-0.2, -0.15) is 0 Å². The molecule has 0 aliphatic rings. The molecule has 0 spiro atoms. The number of carbonyl (C=O) groups is 3. The van der Waals surface area contributed by atoms with Crippen LogP contribution in [0.25, 0.3) is 0 Å². The fourth-order valence-corrected chi connectivity index (χ4v) is 1.35. The van der Waals surface area contributed by atoms with E-state index in [0.29, 0.717) is 5.69 Å². The maximum atomic E-state index is 11.4. The van der Waals surface area contributed by atoms with Crippen LogP contribution in [0.3, 0.4) is 0 Å². The van der Waals surface area contributed by atoms with E-state index in [9.17, 15) is 14.4 Å². The van der Waals surface area contributed by atoms with Gasteiger partial charge in [0.25, 0.3) is 0 Å². The SMILES string of the molecule is COC(=O)c1ccc(NC(=O)CCC(=O)O)c(N)c1. The smallest absolute Gasteiger partial charge is 0.337 e. The van der Waals surface area contributed by atoms with Gasteiger partial charge in [0, 0.05) is 6.42 Å². The molecule has 0 saturated carbocycles. The maximum Gasteiger partial charge on any atom is 0.337 e. The number of rotatable bonds is 5. The van der Waals surface area contributed by atoms with Crippen molar-refractivity contribution in [1.29, 1.82) is 0 Å². The Bertz CT molecular complexity index is 513. The second-order valence-electron chi connectivity index (χ2n) is 3.74. The monoisotopic (exact) mass is 266 g/mol. The Hall–Kier alpha value is -2.57. The lowest BCUT2D eigenvalue weighted by Gasteiger charge is -2.09. The summed E-state index contributed by atoms with van der Waals surface area (Å²) >= 11 is 0. The highest BCUT2D eigenvalue weighted by Gasteiger charge is 2.11. The average molecular weight is 266 g/mol. The Morgan fingerprint density at radius 1 is 1.32 bits per heavy atom. The summed E-state index contributed by atoms with van der Waals surface area (Å²) in [6.07, 6.45) is -0.403. The van der Waals surface area contributed by atoms with E-state index in [4.69, 9.17) is 10.8 Å². The summed E-state index contributed by atoms with van der Waals surface area (Å²) in [6, 6.07) is 4.29. The van der Waals surface area contributed by atoms with Gasteiger partial charge in [0.15, 0.2) is 0 Å². The highest BCUT2D eigenvalue weighted by Crippen LogP contribution is 2.20. The molecular weight excluding hydrogens is 252 g/mol. The number of carbonyl (C=O) groups excluding carboxylic acids is 2. The molecule has 1 aromatic carbocycles. The van der Waals surface area contributed by atoms with Crippen molar-refractivity contribution in [3.63, 3.8) is 0 Å². The molecular formula is C12H14N2O5. The number of benzene rings is 1. The quantitative estimate of drug-likeness (QED) is 0.537. The van der Waals surface area contributed by atoms with Crippen LogP contribution in [-0.2, 0) is 14.3 Å². The summed E-state index contributed by atoms with van der Waals surface area (Å²) < 4.78 is 4.53. The normalized spacial score (nSPS) is 9.74. The number of amides is 1. The van der Waals surface area contributed by atoms with Gasteiger partial charge in [-0.25, -0.2) is 4.79 Å². The van der Waals surface area contributed by atoms with E-state index in [-0.39, 0.29) is 24.1 Å². The number of methoxy groups -OCH3 is 1. The van der Waals surface area contributed by atoms with E-state index in [1.807, 2.05) is 0 Å². The summed E-state index contributed by atoms with van der Waals surface area (Å²) in [6.45, 7) is 0. The van der Waals surface area contributed by atoms with Gasteiger partial charge in [0.1, 0.15) is 0 Å². The van der Waals surface area contributed by atoms with Crippen molar-refractivity contribution in [1.82, 2.24) is 0 Å². The molecule has 7 nitrogen and oxygen atoms in total. The minimum Gasteiger partial charge on any atom is -0.481 e. The summed E-state index contributed by atoms with van der Waals surface area (Å²) in [4.78, 5) is 33.0. The molecule has 0 bridgehead atoms. The zero-order valence-corrected chi connectivity index (χ0v) is 10.3. The van der Waals surface area contributed by atoms with Crippen molar-refractivity contribution in [2.45, 2.75) is 12.8 Å². The minimum absolute atomic E-state index is 0.145. The standard InChI is InChI=1S/C12H14N2O5/c1-19-12(18)7-2-3-9(8(13)6-7)14-10(15)4-5-11(16)17/h2-3,6H,4-5,13H2,1H3,(H,14,15)(H,16,17). The van der Waals surface area contributed by atoms with Crippen LogP contribution in [0.15, 0.2) is 18.2 Å². The van der Waals surface area contributed by atoms with Gasteiger partial charge >= 0.3 is 11.9 Å². The van der Waals surface area contributed by atoms with Crippen molar-refractivity contribution in [2.75, 3.05) is 18.2 Å². The average Bonchev–Trinajstić information content (AvgIpc) is 2.37. The molecule has 7 heteroatoms. The van der Waals surface area contributed by atoms with Crippen molar-refractivity contribution in [2.24, 2.45) is 0 Å². The van der Waals surface area contributed by atoms with Gasteiger partial charge < -0.3 is 20.9 Å². The van der Waals surface area contributed by atoms with E-state index >= 15 is 0 Å². The van der Waals surface area contributed by atoms with Gasteiger partial charge in [0.05, 0.1) is 30.5 Å². The molecule has 0 radical (unpaired) electrons. The number of aliphatic carboxylic acids is 1. The molecule has 19 heavy (non-hydrogen) atoms. The molecule has 1 amide bonds. The Morgan fingerprint density at radius 3 is 2.53 bits per heavy atom. The van der Waals surface area contributed by atoms with E-state index in [0.717, 1.165) is 0 Å². The minimum atomic E-state index is -1.05. The molecule has 0 fully saturated rings. The van der Waals surface area contributed by atoms with Crippen LogP contribution in [0.5, 0.6) is 0 Å². The van der Waals surface area contributed by atoms with Crippen molar-refractivity contribution < 1.29 is 24.2 Å². The van der Waals surface area contributed by atoms with Crippen LogP contribution in [0, 0.1) is 0 Å². The van der Waals surface area contributed by atoms with Gasteiger partial charge in [-0.05, 0) is 18.2 Å². The van der Waals surface area contributed by atoms with Crippen LogP contribution in [-0.4, -0.2) is 30.1 Å². The molecule has 0 aromatic heterocycles. The number of ether oxygens (including phenoxy) is 1. The lowest BCUT2D eigenvalue weighted by Crippen LogP contribution is -2.14. The van der Waals surface area contributed by atoms with Crippen LogP contribution in [0.4, 0.5) is 11.4 Å². The number of anilines is 2. The first-order valence-electron chi connectivity index (χ1n) is 5.43. The highest BCUT2D eigenvalue weighted by molar-refractivity contribution is 5.97. The Morgan fingerprint density at radius 2 is 2.00 bits per heavy atom. The number of nitrogens with two attached hydrogens (primary N) is 1. The second-order valence-corrected chi connectivity index (χ2v) is 3.74. The van der Waals surface area contributed by atoms with Gasteiger partial charge in [0.2, 0.25) is 5.91 Å². The number of hydrogen-bond donors (Lipinski definition) is 3. The number of carboxylic acids is 1. The Kier molecular flexibility index (Phi) is 4.87. The van der Waals surface area contributed by atoms with Crippen molar-refractivity contribution in [3.05, 3.63) is 23.8 Å². The third-order valence-electron chi connectivity index (χ3n) is 2.31. The third kappa shape index (κ3) is 4.30. The van der Waals surface area contributed by atoms with Crippen molar-refractivity contribution in [3.8, 4) is 0 Å². The number of hydrogen-bond acceptors (Lipinski definition) is 5. The fraction of sp³-hybridized carbons (Fsp3) is 0.250. The van der Waals surface area contributed by atoms with E-state index in [1.54, 1.807) is 0 Å². The van der Waals surface area contributed by atoms with Gasteiger partial charge in [-0.1, -0.05) is 0 Å². The summed E-state index contributed by atoms with van der Waals surface area (Å²) in [5.74, 6) is -2.04. The number of nitrogens with one attached hydrogen (secondary N) is 1. The number of carboxylic acid groups (broad SMARTS) is 1. The maximum absolute atomic E-state index is 11.4. The molecule has 4 N–H and O–H groups in total.